The number of nitrogens with one attached hydrogen (secondary N) is 1. The largest absolute Gasteiger partial charge is 0.469 e. The maximum absolute atomic E-state index is 11.5. The highest BCUT2D eigenvalue weighted by Crippen LogP contribution is 2.20. The SMILES string of the molecule is COC(=O)Cc1cc(=O)[nH]c(SC[C@H]2CCCO2)n1. The summed E-state index contributed by atoms with van der Waals surface area (Å²) in [4.78, 5) is 29.5. The van der Waals surface area contributed by atoms with Crippen LogP contribution in [0.3, 0.4) is 0 Å². The maximum Gasteiger partial charge on any atom is 0.311 e. The van der Waals surface area contributed by atoms with Crippen LogP contribution in [0, 0.1) is 0 Å². The molecule has 2 rings (SSSR count). The average Bonchev–Trinajstić information content (AvgIpc) is 2.88. The van der Waals surface area contributed by atoms with Crippen LogP contribution in [0.15, 0.2) is 16.0 Å². The Labute approximate surface area is 114 Å². The Hall–Kier alpha value is -1.34. The average molecular weight is 284 g/mol. The fourth-order valence-corrected chi connectivity index (χ4v) is 2.77. The van der Waals surface area contributed by atoms with E-state index in [0.29, 0.717) is 10.9 Å². The van der Waals surface area contributed by atoms with Crippen LogP contribution in [-0.2, 0) is 20.7 Å². The van der Waals surface area contributed by atoms with Gasteiger partial charge in [0, 0.05) is 18.4 Å². The topological polar surface area (TPSA) is 81.3 Å². The van der Waals surface area contributed by atoms with Crippen LogP contribution in [0.5, 0.6) is 0 Å². The van der Waals surface area contributed by atoms with E-state index in [1.54, 1.807) is 0 Å². The van der Waals surface area contributed by atoms with Crippen molar-refractivity contribution < 1.29 is 14.3 Å². The van der Waals surface area contributed by atoms with E-state index in [2.05, 4.69) is 14.7 Å². The number of nitrogens with zero attached hydrogens (tertiary/aromatic N) is 1. The molecule has 0 radical (unpaired) electrons. The zero-order valence-electron chi connectivity index (χ0n) is 10.7. The molecule has 1 aromatic rings. The third-order valence-electron chi connectivity index (χ3n) is 2.76. The van der Waals surface area contributed by atoms with Crippen molar-refractivity contribution in [2.75, 3.05) is 19.5 Å². The van der Waals surface area contributed by atoms with E-state index in [-0.39, 0.29) is 18.1 Å². The van der Waals surface area contributed by atoms with Crippen LogP contribution in [0.2, 0.25) is 0 Å². The molecule has 0 aliphatic carbocycles. The molecule has 1 atom stereocenters. The van der Waals surface area contributed by atoms with Gasteiger partial charge in [-0.15, -0.1) is 0 Å². The molecule has 0 amide bonds. The summed E-state index contributed by atoms with van der Waals surface area (Å²) in [6, 6.07) is 1.31. The fourth-order valence-electron chi connectivity index (χ4n) is 1.81. The molecule has 2 heterocycles. The summed E-state index contributed by atoms with van der Waals surface area (Å²) >= 11 is 1.44. The Bertz CT molecular complexity index is 497. The predicted molar refractivity (Wildman–Crippen MR) is 70.3 cm³/mol. The van der Waals surface area contributed by atoms with Gasteiger partial charge in [-0.2, -0.15) is 0 Å². The van der Waals surface area contributed by atoms with Crippen LogP contribution >= 0.6 is 11.8 Å². The number of thioether (sulfide) groups is 1. The molecule has 1 N–H and O–H groups in total. The van der Waals surface area contributed by atoms with Gasteiger partial charge in [-0.25, -0.2) is 4.98 Å². The van der Waals surface area contributed by atoms with Crippen molar-refractivity contribution in [3.8, 4) is 0 Å². The highest BCUT2D eigenvalue weighted by Gasteiger charge is 2.16. The monoisotopic (exact) mass is 284 g/mol. The van der Waals surface area contributed by atoms with Gasteiger partial charge in [-0.3, -0.25) is 9.59 Å². The molecular formula is C12H16N2O4S. The van der Waals surface area contributed by atoms with Gasteiger partial charge in [0.1, 0.15) is 0 Å². The number of rotatable bonds is 5. The van der Waals surface area contributed by atoms with Crippen LogP contribution in [0.25, 0.3) is 0 Å². The summed E-state index contributed by atoms with van der Waals surface area (Å²) in [5.74, 6) is 0.345. The van der Waals surface area contributed by atoms with Crippen LogP contribution < -0.4 is 5.56 Å². The molecule has 19 heavy (non-hydrogen) atoms. The zero-order valence-corrected chi connectivity index (χ0v) is 11.5. The number of H-pyrrole nitrogens is 1. The summed E-state index contributed by atoms with van der Waals surface area (Å²) in [6.45, 7) is 0.803. The minimum Gasteiger partial charge on any atom is -0.469 e. The Morgan fingerprint density at radius 3 is 3.21 bits per heavy atom. The van der Waals surface area contributed by atoms with Gasteiger partial charge in [0.15, 0.2) is 5.16 Å². The van der Waals surface area contributed by atoms with Gasteiger partial charge < -0.3 is 14.5 Å². The normalized spacial score (nSPS) is 18.5. The Kier molecular flexibility index (Phi) is 4.98. The molecule has 7 heteroatoms. The lowest BCUT2D eigenvalue weighted by Gasteiger charge is -2.08. The Balaban J connectivity index is 1.99. The Morgan fingerprint density at radius 1 is 1.68 bits per heavy atom. The van der Waals surface area contributed by atoms with Gasteiger partial charge in [0.2, 0.25) is 0 Å². The molecular weight excluding hydrogens is 268 g/mol. The Morgan fingerprint density at radius 2 is 2.53 bits per heavy atom. The lowest BCUT2D eigenvalue weighted by Crippen LogP contribution is -2.15. The van der Waals surface area contributed by atoms with Crippen LogP contribution in [0.1, 0.15) is 18.5 Å². The van der Waals surface area contributed by atoms with Crippen LogP contribution in [0.4, 0.5) is 0 Å². The molecule has 0 spiro atoms. The zero-order chi connectivity index (χ0) is 13.7. The van der Waals surface area contributed by atoms with E-state index in [9.17, 15) is 9.59 Å². The number of ether oxygens (including phenoxy) is 2. The molecule has 0 saturated carbocycles. The molecule has 0 bridgehead atoms. The molecule has 1 aromatic heterocycles. The summed E-state index contributed by atoms with van der Waals surface area (Å²) in [5.41, 5.74) is 0.161. The first-order chi connectivity index (χ1) is 9.17. The molecule has 0 aromatic carbocycles. The highest BCUT2D eigenvalue weighted by molar-refractivity contribution is 7.99. The minimum absolute atomic E-state index is 0.00785. The second-order valence-corrected chi connectivity index (χ2v) is 5.25. The minimum atomic E-state index is -0.409. The number of hydrogen-bond acceptors (Lipinski definition) is 6. The van der Waals surface area contributed by atoms with E-state index in [1.165, 1.54) is 24.9 Å². The highest BCUT2D eigenvalue weighted by atomic mass is 32.2. The van der Waals surface area contributed by atoms with Crippen molar-refractivity contribution in [1.82, 2.24) is 9.97 Å². The number of hydrogen-bond donors (Lipinski definition) is 1. The molecule has 104 valence electrons. The van der Waals surface area contributed by atoms with Crippen molar-refractivity contribution in [2.45, 2.75) is 30.5 Å². The lowest BCUT2D eigenvalue weighted by molar-refractivity contribution is -0.139. The fraction of sp³-hybridized carbons (Fsp3) is 0.583. The van der Waals surface area contributed by atoms with E-state index < -0.39 is 5.97 Å². The molecule has 1 aliphatic heterocycles. The third-order valence-corrected chi connectivity index (χ3v) is 3.76. The first kappa shape index (κ1) is 14.1. The van der Waals surface area contributed by atoms with Crippen molar-refractivity contribution in [3.05, 3.63) is 22.1 Å². The number of esters is 1. The molecule has 1 aliphatic rings. The van der Waals surface area contributed by atoms with Gasteiger partial charge in [-0.05, 0) is 12.8 Å². The number of carbonyl (C=O) groups is 1. The van der Waals surface area contributed by atoms with E-state index >= 15 is 0 Å². The second-order valence-electron chi connectivity index (χ2n) is 4.24. The van der Waals surface area contributed by atoms with Gasteiger partial charge in [-0.1, -0.05) is 11.8 Å². The maximum atomic E-state index is 11.5. The van der Waals surface area contributed by atoms with Crippen LogP contribution in [-0.4, -0.2) is 41.5 Å². The number of carbonyl (C=O) groups excluding carboxylic acids is 1. The third kappa shape index (κ3) is 4.36. The second kappa shape index (κ2) is 6.72. The summed E-state index contributed by atoms with van der Waals surface area (Å²) < 4.78 is 10.1. The summed E-state index contributed by atoms with van der Waals surface area (Å²) in [7, 11) is 1.31. The molecule has 1 saturated heterocycles. The molecule has 1 fully saturated rings. The van der Waals surface area contributed by atoms with Gasteiger partial charge >= 0.3 is 5.97 Å². The first-order valence-electron chi connectivity index (χ1n) is 6.09. The standard InChI is InChI=1S/C12H16N2O4S/c1-17-11(16)6-8-5-10(15)14-12(13-8)19-7-9-3-2-4-18-9/h5,9H,2-4,6-7H2,1H3,(H,13,14,15)/t9-/m1/s1. The quantitative estimate of drug-likeness (QED) is 0.488. The summed E-state index contributed by atoms with van der Waals surface area (Å²) in [6.07, 6.45) is 2.35. The molecule has 6 nitrogen and oxygen atoms in total. The van der Waals surface area contributed by atoms with Gasteiger partial charge in [0.05, 0.1) is 25.3 Å². The van der Waals surface area contributed by atoms with E-state index in [4.69, 9.17) is 4.74 Å². The van der Waals surface area contributed by atoms with Gasteiger partial charge in [0.25, 0.3) is 5.56 Å². The van der Waals surface area contributed by atoms with Crippen molar-refractivity contribution in [1.29, 1.82) is 0 Å². The van der Waals surface area contributed by atoms with Crippen molar-refractivity contribution in [2.24, 2.45) is 0 Å². The van der Waals surface area contributed by atoms with E-state index in [1.807, 2.05) is 0 Å². The lowest BCUT2D eigenvalue weighted by atomic mass is 10.3. The first-order valence-corrected chi connectivity index (χ1v) is 7.07. The van der Waals surface area contributed by atoms with E-state index in [0.717, 1.165) is 25.2 Å². The molecule has 0 unspecified atom stereocenters. The number of aromatic amines is 1. The smallest absolute Gasteiger partial charge is 0.311 e. The van der Waals surface area contributed by atoms with Crippen molar-refractivity contribution >= 4 is 17.7 Å². The summed E-state index contributed by atoms with van der Waals surface area (Å²) in [5, 5.41) is 0.516. The van der Waals surface area contributed by atoms with Crippen molar-refractivity contribution in [3.63, 3.8) is 0 Å². The number of methoxy groups -OCH3 is 1. The number of aromatic nitrogens is 2. The predicted octanol–water partition coefficient (Wildman–Crippen LogP) is 0.756.